The number of rotatable bonds is 5. The molecule has 4 heteroatoms. The van der Waals surface area contributed by atoms with Crippen LogP contribution in [-0.2, 0) is 0 Å². The number of hydrogen-bond donors (Lipinski definition) is 0. The van der Waals surface area contributed by atoms with Crippen LogP contribution in [0.3, 0.4) is 0 Å². The Balaban J connectivity index is 1.34. The van der Waals surface area contributed by atoms with Gasteiger partial charge in [0.05, 0.1) is 23.0 Å². The van der Waals surface area contributed by atoms with Gasteiger partial charge in [0.25, 0.3) is 0 Å². The third kappa shape index (κ3) is 4.37. The molecule has 6 aromatic carbocycles. The van der Waals surface area contributed by atoms with Gasteiger partial charge in [-0.2, -0.15) is 5.26 Å². The zero-order chi connectivity index (χ0) is 30.9. The van der Waals surface area contributed by atoms with Crippen molar-refractivity contribution in [1.82, 2.24) is 4.98 Å². The van der Waals surface area contributed by atoms with Gasteiger partial charge < -0.3 is 4.90 Å². The van der Waals surface area contributed by atoms with Crippen LogP contribution < -0.4 is 25.6 Å². The molecule has 0 unspecified atom stereocenters. The standard InChI is InChI=1S/C42H29N3Si/c43-30-31-27-28-44-37(29-31)33-25-23-32(24-26-33)36-17-7-8-18-38(36)45-39-19-9-11-21-41(39)46(34-13-3-1-4-14-34,35-15-5-2-6-16-35)42-22-12-10-20-40(42)45/h1-29H. The molecule has 0 bridgehead atoms. The van der Waals surface area contributed by atoms with Gasteiger partial charge in [-0.05, 0) is 56.6 Å². The van der Waals surface area contributed by atoms with Gasteiger partial charge in [0.1, 0.15) is 0 Å². The zero-order valence-electron chi connectivity index (χ0n) is 25.1. The molecule has 0 atom stereocenters. The summed E-state index contributed by atoms with van der Waals surface area (Å²) in [4.78, 5) is 6.97. The highest BCUT2D eigenvalue weighted by Gasteiger charge is 2.48. The first-order chi connectivity index (χ1) is 22.8. The van der Waals surface area contributed by atoms with Crippen LogP contribution in [-0.4, -0.2) is 13.1 Å². The van der Waals surface area contributed by atoms with Crippen molar-refractivity contribution in [3.8, 4) is 28.5 Å². The fourth-order valence-corrected chi connectivity index (χ4v) is 12.2. The Bertz CT molecular complexity index is 2130. The van der Waals surface area contributed by atoms with E-state index < -0.39 is 8.07 Å². The van der Waals surface area contributed by atoms with Crippen LogP contribution in [0, 0.1) is 11.3 Å². The van der Waals surface area contributed by atoms with Crippen molar-refractivity contribution >= 4 is 45.9 Å². The second kappa shape index (κ2) is 11.5. The minimum absolute atomic E-state index is 0.604. The van der Waals surface area contributed by atoms with Gasteiger partial charge in [0, 0.05) is 28.7 Å². The highest BCUT2D eigenvalue weighted by molar-refractivity contribution is 7.21. The average molecular weight is 604 g/mol. The number of nitriles is 1. The van der Waals surface area contributed by atoms with Crippen LogP contribution in [0.25, 0.3) is 22.4 Å². The van der Waals surface area contributed by atoms with Crippen molar-refractivity contribution in [2.45, 2.75) is 0 Å². The molecule has 2 heterocycles. The van der Waals surface area contributed by atoms with Crippen molar-refractivity contribution in [2.24, 2.45) is 0 Å². The Morgan fingerprint density at radius 3 is 1.59 bits per heavy atom. The average Bonchev–Trinajstić information content (AvgIpc) is 3.15. The monoisotopic (exact) mass is 603 g/mol. The molecule has 0 radical (unpaired) electrons. The third-order valence-corrected chi connectivity index (χ3v) is 13.9. The van der Waals surface area contributed by atoms with Crippen LogP contribution in [0.15, 0.2) is 176 Å². The summed E-state index contributed by atoms with van der Waals surface area (Å²) in [5, 5.41) is 14.9. The SMILES string of the molecule is N#Cc1ccnc(-c2ccc(-c3ccccc3N3c4ccccc4[Si](c4ccccc4)(c4ccccc4)c4ccccc43)cc2)c1. The van der Waals surface area contributed by atoms with Crippen LogP contribution in [0.2, 0.25) is 0 Å². The Morgan fingerprint density at radius 2 is 1.00 bits per heavy atom. The molecule has 3 nitrogen and oxygen atoms in total. The first-order valence-electron chi connectivity index (χ1n) is 15.5. The van der Waals surface area contributed by atoms with E-state index in [2.05, 4.69) is 174 Å². The van der Waals surface area contributed by atoms with E-state index in [1.165, 1.54) is 32.1 Å². The Hall–Kier alpha value is -6.02. The lowest BCUT2D eigenvalue weighted by molar-refractivity contribution is 1.29. The number of pyridine rings is 1. The molecule has 7 aromatic rings. The van der Waals surface area contributed by atoms with E-state index in [4.69, 9.17) is 0 Å². The van der Waals surface area contributed by atoms with Gasteiger partial charge >= 0.3 is 0 Å². The predicted molar refractivity (Wildman–Crippen MR) is 192 cm³/mol. The van der Waals surface area contributed by atoms with Crippen molar-refractivity contribution in [3.05, 3.63) is 182 Å². The van der Waals surface area contributed by atoms with Crippen molar-refractivity contribution < 1.29 is 0 Å². The molecular weight excluding hydrogens is 575 g/mol. The minimum atomic E-state index is -2.67. The lowest BCUT2D eigenvalue weighted by Gasteiger charge is -2.45. The van der Waals surface area contributed by atoms with E-state index >= 15 is 0 Å². The lowest BCUT2D eigenvalue weighted by atomic mass is 9.99. The molecule has 0 saturated carbocycles. The molecule has 0 N–H and O–H groups in total. The van der Waals surface area contributed by atoms with Crippen molar-refractivity contribution in [2.75, 3.05) is 4.90 Å². The summed E-state index contributed by atoms with van der Waals surface area (Å²) in [6, 6.07) is 63.1. The fourth-order valence-electron chi connectivity index (χ4n) is 7.06. The molecule has 0 aliphatic carbocycles. The number of benzene rings is 6. The summed E-state index contributed by atoms with van der Waals surface area (Å²) >= 11 is 0. The van der Waals surface area contributed by atoms with E-state index in [1.54, 1.807) is 12.3 Å². The Morgan fingerprint density at radius 1 is 0.500 bits per heavy atom. The fraction of sp³-hybridized carbons (Fsp3) is 0. The highest BCUT2D eigenvalue weighted by atomic mass is 28.3. The maximum atomic E-state index is 9.38. The molecule has 46 heavy (non-hydrogen) atoms. The molecule has 216 valence electrons. The summed E-state index contributed by atoms with van der Waals surface area (Å²) in [5.74, 6) is 0. The lowest BCUT2D eigenvalue weighted by Crippen LogP contribution is -2.77. The largest absolute Gasteiger partial charge is 0.310 e. The van der Waals surface area contributed by atoms with Gasteiger partial charge in [-0.3, -0.25) is 4.98 Å². The normalized spacial score (nSPS) is 12.9. The second-order valence-electron chi connectivity index (χ2n) is 11.5. The first kappa shape index (κ1) is 27.5. The van der Waals surface area contributed by atoms with E-state index in [0.29, 0.717) is 5.56 Å². The van der Waals surface area contributed by atoms with E-state index in [1.807, 2.05) is 6.07 Å². The number of hydrogen-bond acceptors (Lipinski definition) is 3. The van der Waals surface area contributed by atoms with E-state index in [9.17, 15) is 5.26 Å². The topological polar surface area (TPSA) is 39.9 Å². The van der Waals surface area contributed by atoms with Crippen LogP contribution in [0.5, 0.6) is 0 Å². The summed E-state index contributed by atoms with van der Waals surface area (Å²) in [6.45, 7) is 0. The molecule has 0 amide bonds. The minimum Gasteiger partial charge on any atom is -0.310 e. The van der Waals surface area contributed by atoms with Gasteiger partial charge in [0.15, 0.2) is 8.07 Å². The van der Waals surface area contributed by atoms with Gasteiger partial charge in [-0.1, -0.05) is 140 Å². The van der Waals surface area contributed by atoms with Crippen LogP contribution in [0.4, 0.5) is 17.1 Å². The molecule has 0 fully saturated rings. The van der Waals surface area contributed by atoms with Crippen LogP contribution in [0.1, 0.15) is 5.56 Å². The summed E-state index contributed by atoms with van der Waals surface area (Å²) < 4.78 is 0. The highest BCUT2D eigenvalue weighted by Crippen LogP contribution is 2.43. The maximum Gasteiger partial charge on any atom is 0.184 e. The molecule has 0 saturated heterocycles. The van der Waals surface area contributed by atoms with Crippen molar-refractivity contribution in [1.29, 1.82) is 5.26 Å². The third-order valence-electron chi connectivity index (χ3n) is 9.04. The van der Waals surface area contributed by atoms with E-state index in [0.717, 1.165) is 28.1 Å². The molecular formula is C42H29N3Si. The second-order valence-corrected chi connectivity index (χ2v) is 15.2. The maximum absolute atomic E-state index is 9.38. The molecule has 1 aliphatic rings. The number of anilines is 3. The number of fused-ring (bicyclic) bond motifs is 2. The number of nitrogens with zero attached hydrogens (tertiary/aromatic N) is 3. The summed E-state index contributed by atoms with van der Waals surface area (Å²) in [6.07, 6.45) is 1.69. The molecule has 1 aromatic heterocycles. The molecule has 8 rings (SSSR count). The summed E-state index contributed by atoms with van der Waals surface area (Å²) in [7, 11) is -2.67. The van der Waals surface area contributed by atoms with Gasteiger partial charge in [0.2, 0.25) is 0 Å². The number of aromatic nitrogens is 1. The van der Waals surface area contributed by atoms with Gasteiger partial charge in [-0.15, -0.1) is 0 Å². The molecule has 1 aliphatic heterocycles. The molecule has 0 spiro atoms. The smallest absolute Gasteiger partial charge is 0.184 e. The first-order valence-corrected chi connectivity index (χ1v) is 17.5. The van der Waals surface area contributed by atoms with E-state index in [-0.39, 0.29) is 0 Å². The predicted octanol–water partition coefficient (Wildman–Crippen LogP) is 7.45. The quantitative estimate of drug-likeness (QED) is 0.192. The Labute approximate surface area is 270 Å². The van der Waals surface area contributed by atoms with Crippen LogP contribution >= 0.6 is 0 Å². The summed E-state index contributed by atoms with van der Waals surface area (Å²) in [5.41, 5.74) is 8.19. The van der Waals surface area contributed by atoms with Gasteiger partial charge in [-0.25, -0.2) is 0 Å². The zero-order valence-corrected chi connectivity index (χ0v) is 26.1. The van der Waals surface area contributed by atoms with Crippen molar-refractivity contribution in [3.63, 3.8) is 0 Å². The Kier molecular flexibility index (Phi) is 6.87. The number of para-hydroxylation sites is 3.